The molecule has 1 fully saturated rings. The lowest BCUT2D eigenvalue weighted by molar-refractivity contribution is 0.0594. The molecule has 2 heterocycles. The highest BCUT2D eigenvalue weighted by Crippen LogP contribution is 2.12. The van der Waals surface area contributed by atoms with Crippen LogP contribution in [0.15, 0.2) is 6.20 Å². The Morgan fingerprint density at radius 2 is 2.12 bits per heavy atom. The summed E-state index contributed by atoms with van der Waals surface area (Å²) in [5, 5.41) is 0. The average Bonchev–Trinajstić information content (AvgIpc) is 2.78. The summed E-state index contributed by atoms with van der Waals surface area (Å²) in [6.07, 6.45) is 1.58. The van der Waals surface area contributed by atoms with Crippen molar-refractivity contribution >= 4 is 11.9 Å². The van der Waals surface area contributed by atoms with Gasteiger partial charge in [-0.05, 0) is 7.05 Å². The summed E-state index contributed by atoms with van der Waals surface area (Å²) in [6, 6.07) is 0. The van der Waals surface area contributed by atoms with E-state index in [1.54, 1.807) is 6.20 Å². The number of aromatic amines is 1. The molecule has 88 valence electrons. The molecule has 0 aromatic carbocycles. The van der Waals surface area contributed by atoms with E-state index in [1.165, 1.54) is 7.11 Å². The number of imidazole rings is 1. The van der Waals surface area contributed by atoms with Crippen molar-refractivity contribution in [2.24, 2.45) is 0 Å². The number of esters is 1. The average molecular weight is 224 g/mol. The van der Waals surface area contributed by atoms with E-state index in [-0.39, 0.29) is 0 Å². The lowest BCUT2D eigenvalue weighted by Gasteiger charge is -2.32. The normalized spacial score (nSPS) is 17.5. The molecule has 1 aromatic heterocycles. The van der Waals surface area contributed by atoms with Gasteiger partial charge in [0.05, 0.1) is 7.11 Å². The number of hydrogen-bond acceptors (Lipinski definition) is 5. The van der Waals surface area contributed by atoms with Gasteiger partial charge >= 0.3 is 5.97 Å². The molecule has 0 saturated carbocycles. The van der Waals surface area contributed by atoms with E-state index in [0.29, 0.717) is 5.69 Å². The van der Waals surface area contributed by atoms with Gasteiger partial charge < -0.3 is 19.5 Å². The third kappa shape index (κ3) is 2.16. The van der Waals surface area contributed by atoms with Crippen LogP contribution in [-0.4, -0.2) is 61.2 Å². The van der Waals surface area contributed by atoms with Gasteiger partial charge in [0, 0.05) is 32.4 Å². The highest BCUT2D eigenvalue weighted by atomic mass is 16.5. The minimum absolute atomic E-state index is 0.330. The minimum atomic E-state index is -0.406. The van der Waals surface area contributed by atoms with Crippen LogP contribution in [0.2, 0.25) is 0 Å². The predicted molar refractivity (Wildman–Crippen MR) is 59.6 cm³/mol. The summed E-state index contributed by atoms with van der Waals surface area (Å²) in [4.78, 5) is 22.8. The minimum Gasteiger partial charge on any atom is -0.464 e. The zero-order valence-corrected chi connectivity index (χ0v) is 9.56. The first-order chi connectivity index (χ1) is 7.70. The number of hydrogen-bond donors (Lipinski definition) is 1. The summed E-state index contributed by atoms with van der Waals surface area (Å²) < 4.78 is 4.61. The van der Waals surface area contributed by atoms with Crippen LogP contribution < -0.4 is 4.90 Å². The molecule has 0 amide bonds. The van der Waals surface area contributed by atoms with Gasteiger partial charge in [-0.3, -0.25) is 0 Å². The van der Waals surface area contributed by atoms with Crippen LogP contribution in [0.4, 0.5) is 5.95 Å². The zero-order valence-electron chi connectivity index (χ0n) is 9.56. The van der Waals surface area contributed by atoms with E-state index in [9.17, 15) is 4.79 Å². The zero-order chi connectivity index (χ0) is 11.5. The summed E-state index contributed by atoms with van der Waals surface area (Å²) >= 11 is 0. The van der Waals surface area contributed by atoms with Crippen molar-refractivity contribution in [1.82, 2.24) is 14.9 Å². The molecule has 1 aliphatic rings. The molecule has 0 unspecified atom stereocenters. The first-order valence-electron chi connectivity index (χ1n) is 5.28. The molecule has 1 aliphatic heterocycles. The first kappa shape index (κ1) is 10.9. The summed E-state index contributed by atoms with van der Waals surface area (Å²) in [5.41, 5.74) is 0.330. The Balaban J connectivity index is 2.04. The number of methoxy groups -OCH3 is 1. The van der Waals surface area contributed by atoms with Gasteiger partial charge in [-0.15, -0.1) is 0 Å². The van der Waals surface area contributed by atoms with Gasteiger partial charge in [-0.2, -0.15) is 0 Å². The SMILES string of the molecule is COC(=O)c1c[nH]c(N2CCN(C)CC2)n1. The second kappa shape index (κ2) is 4.52. The lowest BCUT2D eigenvalue weighted by Crippen LogP contribution is -2.44. The molecule has 6 heteroatoms. The number of nitrogens with zero attached hydrogens (tertiary/aromatic N) is 3. The van der Waals surface area contributed by atoms with Gasteiger partial charge in [0.15, 0.2) is 5.69 Å². The van der Waals surface area contributed by atoms with Crippen LogP contribution in [-0.2, 0) is 4.74 Å². The van der Waals surface area contributed by atoms with Gasteiger partial charge in [0.1, 0.15) is 0 Å². The molecule has 1 saturated heterocycles. The van der Waals surface area contributed by atoms with E-state index in [2.05, 4.69) is 31.6 Å². The summed E-state index contributed by atoms with van der Waals surface area (Å²) in [5.74, 6) is 0.338. The maximum Gasteiger partial charge on any atom is 0.358 e. The fourth-order valence-corrected chi connectivity index (χ4v) is 1.70. The van der Waals surface area contributed by atoms with Crippen molar-refractivity contribution < 1.29 is 9.53 Å². The molecule has 2 rings (SSSR count). The van der Waals surface area contributed by atoms with E-state index in [1.807, 2.05) is 0 Å². The van der Waals surface area contributed by atoms with Gasteiger partial charge in [0.25, 0.3) is 0 Å². The second-order valence-corrected chi connectivity index (χ2v) is 3.89. The number of likely N-dealkylation sites (N-methyl/N-ethyl adjacent to an activating group) is 1. The number of nitrogens with one attached hydrogen (secondary N) is 1. The maximum atomic E-state index is 11.2. The maximum absolute atomic E-state index is 11.2. The highest BCUT2D eigenvalue weighted by Gasteiger charge is 2.18. The fourth-order valence-electron chi connectivity index (χ4n) is 1.70. The number of carbonyl (C=O) groups is 1. The topological polar surface area (TPSA) is 61.5 Å². The summed E-state index contributed by atoms with van der Waals surface area (Å²) in [7, 11) is 3.45. The van der Waals surface area contributed by atoms with Crippen LogP contribution in [0.25, 0.3) is 0 Å². The van der Waals surface area contributed by atoms with Crippen molar-refractivity contribution in [2.45, 2.75) is 0 Å². The molecule has 1 aromatic rings. The Kier molecular flexibility index (Phi) is 3.09. The molecule has 6 nitrogen and oxygen atoms in total. The molecule has 0 spiro atoms. The van der Waals surface area contributed by atoms with Gasteiger partial charge in [0.2, 0.25) is 5.95 Å². The quantitative estimate of drug-likeness (QED) is 0.714. The lowest BCUT2D eigenvalue weighted by atomic mass is 10.3. The van der Waals surface area contributed by atoms with Gasteiger partial charge in [-0.1, -0.05) is 0 Å². The van der Waals surface area contributed by atoms with Crippen molar-refractivity contribution in [1.29, 1.82) is 0 Å². The fraction of sp³-hybridized carbons (Fsp3) is 0.600. The second-order valence-electron chi connectivity index (χ2n) is 3.89. The summed E-state index contributed by atoms with van der Waals surface area (Å²) in [6.45, 7) is 3.86. The van der Waals surface area contributed by atoms with Crippen LogP contribution in [0.1, 0.15) is 10.5 Å². The third-order valence-electron chi connectivity index (χ3n) is 2.76. The van der Waals surface area contributed by atoms with Gasteiger partial charge in [-0.25, -0.2) is 9.78 Å². The van der Waals surface area contributed by atoms with E-state index in [0.717, 1.165) is 32.1 Å². The number of piperazine rings is 1. The number of carbonyl (C=O) groups excluding carboxylic acids is 1. The monoisotopic (exact) mass is 224 g/mol. The van der Waals surface area contributed by atoms with Crippen molar-refractivity contribution in [3.05, 3.63) is 11.9 Å². The van der Waals surface area contributed by atoms with E-state index in [4.69, 9.17) is 0 Å². The molecule has 16 heavy (non-hydrogen) atoms. The van der Waals surface area contributed by atoms with Crippen molar-refractivity contribution in [3.8, 4) is 0 Å². The predicted octanol–water partition coefficient (Wildman–Crippen LogP) is -0.0519. The highest BCUT2D eigenvalue weighted by molar-refractivity contribution is 5.87. The van der Waals surface area contributed by atoms with E-state index >= 15 is 0 Å². The van der Waals surface area contributed by atoms with Crippen LogP contribution in [0.5, 0.6) is 0 Å². The van der Waals surface area contributed by atoms with Crippen LogP contribution >= 0.6 is 0 Å². The number of aromatic nitrogens is 2. The van der Waals surface area contributed by atoms with Crippen LogP contribution in [0.3, 0.4) is 0 Å². The largest absolute Gasteiger partial charge is 0.464 e. The Labute approximate surface area is 94.2 Å². The van der Waals surface area contributed by atoms with Crippen molar-refractivity contribution in [3.63, 3.8) is 0 Å². The Hall–Kier alpha value is -1.56. The number of rotatable bonds is 2. The smallest absolute Gasteiger partial charge is 0.358 e. The first-order valence-corrected chi connectivity index (χ1v) is 5.28. The molecule has 1 N–H and O–H groups in total. The number of anilines is 1. The standard InChI is InChI=1S/C10H16N4O2/c1-13-3-5-14(6-4-13)10-11-7-8(12-10)9(15)16-2/h7H,3-6H2,1-2H3,(H,11,12). The molecule has 0 bridgehead atoms. The number of ether oxygens (including phenoxy) is 1. The van der Waals surface area contributed by atoms with Crippen LogP contribution in [0, 0.1) is 0 Å². The van der Waals surface area contributed by atoms with Crippen molar-refractivity contribution in [2.75, 3.05) is 45.2 Å². The molecular weight excluding hydrogens is 208 g/mol. The number of H-pyrrole nitrogens is 1. The molecule has 0 radical (unpaired) electrons. The molecular formula is C10H16N4O2. The Morgan fingerprint density at radius 1 is 1.44 bits per heavy atom. The Morgan fingerprint density at radius 3 is 2.75 bits per heavy atom. The third-order valence-corrected chi connectivity index (χ3v) is 2.76. The molecule has 0 aliphatic carbocycles. The molecule has 0 atom stereocenters. The Bertz CT molecular complexity index is 369. The van der Waals surface area contributed by atoms with E-state index < -0.39 is 5.97 Å².